The zero-order valence-corrected chi connectivity index (χ0v) is 7.27. The van der Waals surface area contributed by atoms with E-state index in [2.05, 4.69) is 0 Å². The number of carbonyl (C=O) groups excluding carboxylic acids is 1. The number of carboxylic acid groups (broad SMARTS) is 1. The van der Waals surface area contributed by atoms with Crippen molar-refractivity contribution in [3.63, 3.8) is 0 Å². The SMILES string of the molecule is NC(=O)CN(CO)CCCC(=O)O. The van der Waals surface area contributed by atoms with Crippen molar-refractivity contribution in [2.24, 2.45) is 5.73 Å². The molecule has 0 heterocycles. The minimum absolute atomic E-state index is 0.0231. The lowest BCUT2D eigenvalue weighted by Crippen LogP contribution is -2.35. The van der Waals surface area contributed by atoms with Crippen LogP contribution in [0.1, 0.15) is 12.8 Å². The fraction of sp³-hybridized carbons (Fsp3) is 0.714. The van der Waals surface area contributed by atoms with Gasteiger partial charge in [-0.2, -0.15) is 0 Å². The Bertz CT molecular complexity index is 183. The number of aliphatic hydroxyl groups is 1. The number of rotatable bonds is 7. The van der Waals surface area contributed by atoms with Crippen molar-refractivity contribution in [3.8, 4) is 0 Å². The minimum Gasteiger partial charge on any atom is -0.481 e. The molecule has 0 saturated heterocycles. The van der Waals surface area contributed by atoms with Crippen LogP contribution in [0.25, 0.3) is 0 Å². The van der Waals surface area contributed by atoms with E-state index >= 15 is 0 Å². The molecule has 0 aromatic carbocycles. The van der Waals surface area contributed by atoms with Crippen molar-refractivity contribution >= 4 is 11.9 Å². The molecule has 0 radical (unpaired) electrons. The molecule has 0 aliphatic carbocycles. The average molecular weight is 190 g/mol. The molecule has 1 amide bonds. The van der Waals surface area contributed by atoms with Gasteiger partial charge in [0.1, 0.15) is 0 Å². The number of nitrogens with two attached hydrogens (primary N) is 1. The quantitative estimate of drug-likeness (QED) is 0.428. The number of carbonyl (C=O) groups is 2. The molecule has 0 unspecified atom stereocenters. The molecule has 0 fully saturated rings. The number of aliphatic carboxylic acids is 1. The predicted molar refractivity (Wildman–Crippen MR) is 44.7 cm³/mol. The monoisotopic (exact) mass is 190 g/mol. The van der Waals surface area contributed by atoms with Crippen LogP contribution in [-0.4, -0.2) is 46.8 Å². The van der Waals surface area contributed by atoms with Gasteiger partial charge in [0.05, 0.1) is 13.3 Å². The fourth-order valence-corrected chi connectivity index (χ4v) is 0.874. The molecule has 0 aliphatic rings. The van der Waals surface area contributed by atoms with Gasteiger partial charge in [-0.25, -0.2) is 0 Å². The molecule has 6 heteroatoms. The van der Waals surface area contributed by atoms with Crippen molar-refractivity contribution < 1.29 is 19.8 Å². The number of aliphatic hydroxyl groups excluding tert-OH is 1. The molecule has 0 aliphatic heterocycles. The van der Waals surface area contributed by atoms with Crippen molar-refractivity contribution in [2.75, 3.05) is 19.8 Å². The number of primary amides is 1. The van der Waals surface area contributed by atoms with E-state index < -0.39 is 11.9 Å². The lowest BCUT2D eigenvalue weighted by atomic mass is 10.3. The van der Waals surface area contributed by atoms with Crippen LogP contribution in [0.4, 0.5) is 0 Å². The smallest absolute Gasteiger partial charge is 0.303 e. The van der Waals surface area contributed by atoms with Crippen LogP contribution >= 0.6 is 0 Å². The third-order valence-electron chi connectivity index (χ3n) is 1.44. The van der Waals surface area contributed by atoms with E-state index in [0.717, 1.165) is 0 Å². The first-order valence-corrected chi connectivity index (χ1v) is 3.89. The molecule has 0 rings (SSSR count). The van der Waals surface area contributed by atoms with E-state index in [1.807, 2.05) is 0 Å². The standard InChI is InChI=1S/C7H14N2O4/c8-6(11)4-9(5-10)3-1-2-7(12)13/h10H,1-5H2,(H2,8,11)(H,12,13). The summed E-state index contributed by atoms with van der Waals surface area (Å²) in [6.45, 7) is 0.0183. The predicted octanol–water partition coefficient (Wildman–Crippen LogP) is -1.41. The minimum atomic E-state index is -0.892. The van der Waals surface area contributed by atoms with E-state index in [1.165, 1.54) is 4.90 Å². The zero-order valence-electron chi connectivity index (χ0n) is 7.27. The first-order valence-electron chi connectivity index (χ1n) is 3.89. The molecule has 76 valence electrons. The number of carboxylic acids is 1. The third-order valence-corrected chi connectivity index (χ3v) is 1.44. The van der Waals surface area contributed by atoms with Crippen molar-refractivity contribution in [3.05, 3.63) is 0 Å². The number of nitrogens with zero attached hydrogens (tertiary/aromatic N) is 1. The highest BCUT2D eigenvalue weighted by Crippen LogP contribution is 1.93. The maximum Gasteiger partial charge on any atom is 0.303 e. The van der Waals surface area contributed by atoms with Crippen LogP contribution in [0.5, 0.6) is 0 Å². The average Bonchev–Trinajstić information content (AvgIpc) is 2.01. The Morgan fingerprint density at radius 3 is 2.38 bits per heavy atom. The second-order valence-corrected chi connectivity index (χ2v) is 2.66. The topological polar surface area (TPSA) is 104 Å². The van der Waals surface area contributed by atoms with Crippen molar-refractivity contribution in [2.45, 2.75) is 12.8 Å². The molecule has 0 aromatic heterocycles. The van der Waals surface area contributed by atoms with Gasteiger partial charge < -0.3 is 15.9 Å². The summed E-state index contributed by atoms with van der Waals surface area (Å²) < 4.78 is 0. The van der Waals surface area contributed by atoms with E-state index in [4.69, 9.17) is 15.9 Å². The summed E-state index contributed by atoms with van der Waals surface area (Å²) in [5, 5.41) is 17.0. The first-order chi connectivity index (χ1) is 6.06. The van der Waals surface area contributed by atoms with Gasteiger partial charge in [-0.15, -0.1) is 0 Å². The van der Waals surface area contributed by atoms with Gasteiger partial charge in [-0.1, -0.05) is 0 Å². The molecule has 0 bridgehead atoms. The Kier molecular flexibility index (Phi) is 5.82. The molecule has 6 nitrogen and oxygen atoms in total. The zero-order chi connectivity index (χ0) is 10.3. The lowest BCUT2D eigenvalue weighted by Gasteiger charge is -2.16. The van der Waals surface area contributed by atoms with Crippen LogP contribution < -0.4 is 5.73 Å². The highest BCUT2D eigenvalue weighted by atomic mass is 16.4. The van der Waals surface area contributed by atoms with E-state index in [9.17, 15) is 9.59 Å². The highest BCUT2D eigenvalue weighted by Gasteiger charge is 2.07. The van der Waals surface area contributed by atoms with Crippen molar-refractivity contribution in [1.82, 2.24) is 4.90 Å². The van der Waals surface area contributed by atoms with Gasteiger partial charge in [-0.3, -0.25) is 14.5 Å². The normalized spacial score (nSPS) is 10.3. The fourth-order valence-electron chi connectivity index (χ4n) is 0.874. The summed E-state index contributed by atoms with van der Waals surface area (Å²) in [5.41, 5.74) is 4.89. The van der Waals surface area contributed by atoms with Gasteiger partial charge in [0, 0.05) is 13.0 Å². The van der Waals surface area contributed by atoms with E-state index in [1.54, 1.807) is 0 Å². The summed E-state index contributed by atoms with van der Waals surface area (Å²) in [5.74, 6) is -1.43. The summed E-state index contributed by atoms with van der Waals surface area (Å²) >= 11 is 0. The van der Waals surface area contributed by atoms with Gasteiger partial charge >= 0.3 is 5.97 Å². The van der Waals surface area contributed by atoms with Gasteiger partial charge in [0.2, 0.25) is 5.91 Å². The molecule has 0 saturated carbocycles. The van der Waals surface area contributed by atoms with Crippen LogP contribution in [0.3, 0.4) is 0 Å². The molecular formula is C7H14N2O4. The Labute approximate surface area is 75.9 Å². The van der Waals surface area contributed by atoms with Gasteiger partial charge in [0.15, 0.2) is 0 Å². The summed E-state index contributed by atoms with van der Waals surface area (Å²) in [6, 6.07) is 0. The summed E-state index contributed by atoms with van der Waals surface area (Å²) in [7, 11) is 0. The molecule has 13 heavy (non-hydrogen) atoms. The first kappa shape index (κ1) is 11.9. The largest absolute Gasteiger partial charge is 0.481 e. The lowest BCUT2D eigenvalue weighted by molar-refractivity contribution is -0.137. The maximum atomic E-state index is 10.4. The number of hydrogen-bond acceptors (Lipinski definition) is 4. The molecule has 0 aromatic rings. The second kappa shape index (κ2) is 6.38. The highest BCUT2D eigenvalue weighted by molar-refractivity contribution is 5.75. The van der Waals surface area contributed by atoms with E-state index in [0.29, 0.717) is 13.0 Å². The van der Waals surface area contributed by atoms with Crippen LogP contribution in [-0.2, 0) is 9.59 Å². The number of hydrogen-bond donors (Lipinski definition) is 3. The van der Waals surface area contributed by atoms with Crippen LogP contribution in [0, 0.1) is 0 Å². The summed E-state index contributed by atoms with van der Waals surface area (Å²) in [6.07, 6.45) is 0.415. The molecule has 0 atom stereocenters. The second-order valence-electron chi connectivity index (χ2n) is 2.66. The Hall–Kier alpha value is -1.14. The van der Waals surface area contributed by atoms with Crippen molar-refractivity contribution in [1.29, 1.82) is 0 Å². The number of amides is 1. The van der Waals surface area contributed by atoms with E-state index in [-0.39, 0.29) is 19.7 Å². The summed E-state index contributed by atoms with van der Waals surface area (Å²) in [4.78, 5) is 21.9. The molecular weight excluding hydrogens is 176 g/mol. The maximum absolute atomic E-state index is 10.4. The molecule has 0 spiro atoms. The Morgan fingerprint density at radius 2 is 2.00 bits per heavy atom. The Morgan fingerprint density at radius 1 is 1.38 bits per heavy atom. The Balaban J connectivity index is 3.59. The van der Waals surface area contributed by atoms with Crippen LogP contribution in [0.15, 0.2) is 0 Å². The van der Waals surface area contributed by atoms with Gasteiger partial charge in [-0.05, 0) is 6.42 Å². The van der Waals surface area contributed by atoms with Gasteiger partial charge in [0.25, 0.3) is 0 Å². The van der Waals surface area contributed by atoms with Crippen LogP contribution in [0.2, 0.25) is 0 Å². The third kappa shape index (κ3) is 7.23. The molecule has 4 N–H and O–H groups in total.